The number of hydrogen-bond acceptors (Lipinski definition) is 5. The van der Waals surface area contributed by atoms with Crippen LogP contribution in [0.3, 0.4) is 0 Å². The van der Waals surface area contributed by atoms with Crippen molar-refractivity contribution in [3.63, 3.8) is 0 Å². The molecule has 6 heteroatoms. The zero-order valence-corrected chi connectivity index (χ0v) is 31.0. The summed E-state index contributed by atoms with van der Waals surface area (Å²) in [6, 6.07) is 45.2. The molecule has 0 amide bonds. The van der Waals surface area contributed by atoms with E-state index in [0.29, 0.717) is 11.1 Å². The third kappa shape index (κ3) is 8.41. The standard InChI is InChI=1S/C45H44N2O3.ClH/c1-46(2)29-31-15-19-33(20-16-31)37-25-23-35(27-41(37)39-11-7-9-13-43(39)49-5)45(48)36-24-26-38(34-21-17-32(18-22-34)30-47(3)4)42(28-36)40-12-8-10-14-44(40)50-6;/h7-28H,29-30H2,1-6H3;1H. The molecule has 0 atom stereocenters. The number of halogens is 1. The van der Waals surface area contributed by atoms with E-state index in [-0.39, 0.29) is 18.2 Å². The fourth-order valence-electron chi connectivity index (χ4n) is 6.53. The molecule has 0 saturated heterocycles. The molecule has 6 aromatic rings. The first-order valence-corrected chi connectivity index (χ1v) is 16.8. The van der Waals surface area contributed by atoms with Crippen LogP contribution in [0.1, 0.15) is 27.0 Å². The normalized spacial score (nSPS) is 11.0. The van der Waals surface area contributed by atoms with Crippen molar-refractivity contribution in [3.05, 3.63) is 156 Å². The maximum absolute atomic E-state index is 14.4. The van der Waals surface area contributed by atoms with Crippen LogP contribution >= 0.6 is 12.4 Å². The molecule has 6 rings (SSSR count). The van der Waals surface area contributed by atoms with E-state index < -0.39 is 0 Å². The summed E-state index contributed by atoms with van der Waals surface area (Å²) in [7, 11) is 11.6. The summed E-state index contributed by atoms with van der Waals surface area (Å²) in [5.41, 5.74) is 11.6. The Morgan fingerprint density at radius 1 is 0.471 bits per heavy atom. The van der Waals surface area contributed by atoms with Gasteiger partial charge in [-0.1, -0.05) is 109 Å². The summed E-state index contributed by atoms with van der Waals surface area (Å²) in [5.74, 6) is 1.45. The molecule has 260 valence electrons. The SMILES string of the molecule is COc1ccccc1-c1cc(C(=O)c2ccc(-c3ccc(CN(C)C)cc3)c(-c3ccccc3OC)c2)ccc1-c1ccc(CN(C)C)cc1.Cl. The molecule has 0 aromatic heterocycles. The van der Waals surface area contributed by atoms with E-state index in [4.69, 9.17) is 9.47 Å². The van der Waals surface area contributed by atoms with Gasteiger partial charge in [0.1, 0.15) is 11.5 Å². The lowest BCUT2D eigenvalue weighted by molar-refractivity contribution is 0.103. The van der Waals surface area contributed by atoms with Gasteiger partial charge in [-0.25, -0.2) is 0 Å². The second-order valence-corrected chi connectivity index (χ2v) is 13.1. The Labute approximate surface area is 308 Å². The first kappa shape index (κ1) is 37.1. The van der Waals surface area contributed by atoms with Gasteiger partial charge in [0.05, 0.1) is 14.2 Å². The highest BCUT2D eigenvalue weighted by Gasteiger charge is 2.20. The monoisotopic (exact) mass is 696 g/mol. The largest absolute Gasteiger partial charge is 0.496 e. The number of rotatable bonds is 12. The highest BCUT2D eigenvalue weighted by atomic mass is 35.5. The third-order valence-corrected chi connectivity index (χ3v) is 8.89. The van der Waals surface area contributed by atoms with Crippen molar-refractivity contribution in [2.75, 3.05) is 42.4 Å². The van der Waals surface area contributed by atoms with Crippen LogP contribution in [-0.2, 0) is 13.1 Å². The van der Waals surface area contributed by atoms with Crippen molar-refractivity contribution in [2.24, 2.45) is 0 Å². The highest BCUT2D eigenvalue weighted by molar-refractivity contribution is 6.11. The maximum Gasteiger partial charge on any atom is 0.193 e. The lowest BCUT2D eigenvalue weighted by atomic mass is 9.88. The van der Waals surface area contributed by atoms with Crippen molar-refractivity contribution in [3.8, 4) is 56.0 Å². The minimum atomic E-state index is -0.0574. The van der Waals surface area contributed by atoms with Crippen molar-refractivity contribution < 1.29 is 14.3 Å². The Hall–Kier alpha value is -5.20. The van der Waals surface area contributed by atoms with Crippen LogP contribution in [0.5, 0.6) is 11.5 Å². The molecule has 0 unspecified atom stereocenters. The average molecular weight is 697 g/mol. The van der Waals surface area contributed by atoms with Crippen molar-refractivity contribution >= 4 is 18.2 Å². The van der Waals surface area contributed by atoms with Crippen molar-refractivity contribution in [2.45, 2.75) is 13.1 Å². The molecule has 0 heterocycles. The molecule has 5 nitrogen and oxygen atoms in total. The fraction of sp³-hybridized carbons (Fsp3) is 0.178. The van der Waals surface area contributed by atoms with E-state index >= 15 is 0 Å². The van der Waals surface area contributed by atoms with Gasteiger partial charge < -0.3 is 19.3 Å². The number of para-hydroxylation sites is 2. The molecule has 0 aliphatic heterocycles. The Balaban J connectivity index is 0.00000504. The number of carbonyl (C=O) groups is 1. The predicted molar refractivity (Wildman–Crippen MR) is 213 cm³/mol. The number of carbonyl (C=O) groups excluding carboxylic acids is 1. The first-order chi connectivity index (χ1) is 24.2. The van der Waals surface area contributed by atoms with Crippen LogP contribution in [0, 0.1) is 0 Å². The Morgan fingerprint density at radius 3 is 1.20 bits per heavy atom. The number of ether oxygens (including phenoxy) is 2. The molecule has 0 aliphatic carbocycles. The summed E-state index contributed by atoms with van der Waals surface area (Å²) in [6.45, 7) is 1.73. The summed E-state index contributed by atoms with van der Waals surface area (Å²) in [4.78, 5) is 18.8. The number of hydrogen-bond donors (Lipinski definition) is 0. The number of methoxy groups -OCH3 is 2. The first-order valence-electron chi connectivity index (χ1n) is 16.8. The van der Waals surface area contributed by atoms with Crippen LogP contribution in [0.25, 0.3) is 44.5 Å². The van der Waals surface area contributed by atoms with Crippen molar-refractivity contribution in [1.29, 1.82) is 0 Å². The maximum atomic E-state index is 14.4. The van der Waals surface area contributed by atoms with Crippen LogP contribution in [0.2, 0.25) is 0 Å². The van der Waals surface area contributed by atoms with Gasteiger partial charge in [0, 0.05) is 35.3 Å². The summed E-state index contributed by atoms with van der Waals surface area (Å²) in [6.07, 6.45) is 0. The van der Waals surface area contributed by atoms with E-state index in [2.05, 4.69) is 98.7 Å². The van der Waals surface area contributed by atoms with Gasteiger partial charge in [-0.15, -0.1) is 12.4 Å². The van der Waals surface area contributed by atoms with Crippen LogP contribution in [0.4, 0.5) is 0 Å². The highest BCUT2D eigenvalue weighted by Crippen LogP contribution is 2.40. The molecule has 6 aromatic carbocycles. The fourth-order valence-corrected chi connectivity index (χ4v) is 6.53. The topological polar surface area (TPSA) is 42.0 Å². The van der Waals surface area contributed by atoms with E-state index in [1.807, 2.05) is 72.8 Å². The van der Waals surface area contributed by atoms with Gasteiger partial charge >= 0.3 is 0 Å². The Bertz CT molecular complexity index is 1950. The van der Waals surface area contributed by atoms with Crippen LogP contribution in [-0.4, -0.2) is 58.0 Å². The zero-order valence-electron chi connectivity index (χ0n) is 30.1. The minimum absolute atomic E-state index is 0. The zero-order chi connectivity index (χ0) is 35.2. The molecular weight excluding hydrogens is 652 g/mol. The molecule has 0 N–H and O–H groups in total. The second kappa shape index (κ2) is 16.7. The van der Waals surface area contributed by atoms with E-state index in [9.17, 15) is 4.79 Å². The Morgan fingerprint density at radius 2 is 0.843 bits per heavy atom. The van der Waals surface area contributed by atoms with Gasteiger partial charge in [-0.3, -0.25) is 4.79 Å². The van der Waals surface area contributed by atoms with E-state index in [1.54, 1.807) is 14.2 Å². The summed E-state index contributed by atoms with van der Waals surface area (Å²) in [5, 5.41) is 0. The van der Waals surface area contributed by atoms with Gasteiger partial charge in [0.25, 0.3) is 0 Å². The lowest BCUT2D eigenvalue weighted by Gasteiger charge is -2.17. The molecule has 0 saturated carbocycles. The van der Waals surface area contributed by atoms with Gasteiger partial charge in [-0.05, 0) is 97.0 Å². The molecule has 0 aliphatic rings. The summed E-state index contributed by atoms with van der Waals surface area (Å²) >= 11 is 0. The number of nitrogens with zero attached hydrogens (tertiary/aromatic N) is 2. The quantitative estimate of drug-likeness (QED) is 0.119. The molecule has 0 bridgehead atoms. The Kier molecular flexibility index (Phi) is 12.1. The summed E-state index contributed by atoms with van der Waals surface area (Å²) < 4.78 is 11.6. The lowest BCUT2D eigenvalue weighted by Crippen LogP contribution is -2.10. The molecular formula is C45H45ClN2O3. The average Bonchev–Trinajstić information content (AvgIpc) is 3.14. The van der Waals surface area contributed by atoms with E-state index in [1.165, 1.54) is 11.1 Å². The van der Waals surface area contributed by atoms with Crippen LogP contribution < -0.4 is 9.47 Å². The predicted octanol–water partition coefficient (Wildman–Crippen LogP) is 10.1. The van der Waals surface area contributed by atoms with E-state index in [0.717, 1.165) is 69.1 Å². The smallest absolute Gasteiger partial charge is 0.193 e. The molecule has 0 fully saturated rings. The van der Waals surface area contributed by atoms with Gasteiger partial charge in [0.15, 0.2) is 5.78 Å². The second-order valence-electron chi connectivity index (χ2n) is 13.1. The van der Waals surface area contributed by atoms with Gasteiger partial charge in [-0.2, -0.15) is 0 Å². The number of benzene rings is 6. The molecule has 51 heavy (non-hydrogen) atoms. The number of ketones is 1. The molecule has 0 radical (unpaired) electrons. The minimum Gasteiger partial charge on any atom is -0.496 e. The third-order valence-electron chi connectivity index (χ3n) is 8.89. The van der Waals surface area contributed by atoms with Crippen molar-refractivity contribution in [1.82, 2.24) is 9.80 Å². The molecule has 0 spiro atoms. The van der Waals surface area contributed by atoms with Gasteiger partial charge in [0.2, 0.25) is 0 Å². The van der Waals surface area contributed by atoms with Crippen LogP contribution in [0.15, 0.2) is 133 Å².